The molecule has 0 aliphatic rings. The van der Waals surface area contributed by atoms with Crippen molar-refractivity contribution >= 4 is 11.3 Å². The number of H-pyrrole nitrogens is 1. The molecule has 2 heterocycles. The quantitative estimate of drug-likeness (QED) is 0.880. The maximum atomic E-state index is 11.9. The first-order chi connectivity index (χ1) is 8.21. The van der Waals surface area contributed by atoms with Crippen molar-refractivity contribution in [2.75, 3.05) is 0 Å². The smallest absolute Gasteiger partial charge is 0.289 e. The van der Waals surface area contributed by atoms with Gasteiger partial charge in [-0.3, -0.25) is 9.55 Å². The Morgan fingerprint density at radius 1 is 1.35 bits per heavy atom. The largest absolute Gasteiger partial charge is 0.329 e. The number of aromatic nitrogens is 4. The van der Waals surface area contributed by atoms with Crippen LogP contribution >= 0.6 is 0 Å². The van der Waals surface area contributed by atoms with Gasteiger partial charge in [0.05, 0.1) is 11.9 Å². The number of nitrogens with zero attached hydrogens (tertiary/aromatic N) is 3. The summed E-state index contributed by atoms with van der Waals surface area (Å²) in [6.07, 6.45) is 4.38. The van der Waals surface area contributed by atoms with Crippen LogP contribution in [0.3, 0.4) is 0 Å². The lowest BCUT2D eigenvalue weighted by Crippen LogP contribution is -2.21. The van der Waals surface area contributed by atoms with Crippen molar-refractivity contribution in [2.45, 2.75) is 46.1 Å². The van der Waals surface area contributed by atoms with Crippen LogP contribution in [0, 0.1) is 0 Å². The Bertz CT molecular complexity index is 565. The summed E-state index contributed by atoms with van der Waals surface area (Å²) >= 11 is 0. The van der Waals surface area contributed by atoms with Crippen LogP contribution in [-0.4, -0.2) is 19.5 Å². The van der Waals surface area contributed by atoms with E-state index in [0.717, 1.165) is 25.0 Å². The van der Waals surface area contributed by atoms with E-state index in [-0.39, 0.29) is 11.7 Å². The molecular formula is C12H18N4O. The molecule has 5 heteroatoms. The molecule has 0 unspecified atom stereocenters. The van der Waals surface area contributed by atoms with Gasteiger partial charge in [0.15, 0.2) is 11.3 Å². The molecule has 0 spiro atoms. The van der Waals surface area contributed by atoms with E-state index in [2.05, 4.69) is 28.8 Å². The highest BCUT2D eigenvalue weighted by Crippen LogP contribution is 2.17. The molecule has 0 amide bonds. The van der Waals surface area contributed by atoms with E-state index in [1.165, 1.54) is 0 Å². The van der Waals surface area contributed by atoms with Gasteiger partial charge in [0.25, 0.3) is 0 Å². The molecule has 0 bridgehead atoms. The van der Waals surface area contributed by atoms with Gasteiger partial charge in [-0.05, 0) is 19.3 Å². The highest BCUT2D eigenvalue weighted by molar-refractivity contribution is 5.65. The zero-order valence-corrected chi connectivity index (χ0v) is 10.5. The first-order valence-electron chi connectivity index (χ1n) is 6.17. The Hall–Kier alpha value is -1.65. The number of hydrogen-bond donors (Lipinski definition) is 1. The van der Waals surface area contributed by atoms with Gasteiger partial charge in [0.2, 0.25) is 0 Å². The third kappa shape index (κ3) is 1.97. The summed E-state index contributed by atoms with van der Waals surface area (Å²) in [6.45, 7) is 6.19. The number of fused-ring (bicyclic) bond motifs is 1. The van der Waals surface area contributed by atoms with Crippen molar-refractivity contribution in [2.24, 2.45) is 0 Å². The molecule has 2 rings (SSSR count). The summed E-state index contributed by atoms with van der Waals surface area (Å²) in [4.78, 5) is 23.4. The van der Waals surface area contributed by atoms with Crippen molar-refractivity contribution in [3.05, 3.63) is 22.4 Å². The van der Waals surface area contributed by atoms with E-state index in [9.17, 15) is 4.79 Å². The van der Waals surface area contributed by atoms with Crippen LogP contribution < -0.4 is 5.69 Å². The molecule has 0 aliphatic heterocycles. The SMILES string of the molecule is CCc1cnc2[nH]c(=O)n(C(CC)CC)c2n1. The number of aryl methyl sites for hydroxylation is 1. The first kappa shape index (κ1) is 11.8. The molecule has 0 atom stereocenters. The molecule has 0 saturated heterocycles. The van der Waals surface area contributed by atoms with E-state index in [1.54, 1.807) is 10.8 Å². The number of rotatable bonds is 4. The van der Waals surface area contributed by atoms with Crippen molar-refractivity contribution in [1.82, 2.24) is 19.5 Å². The molecule has 0 aliphatic carbocycles. The highest BCUT2D eigenvalue weighted by atomic mass is 16.1. The summed E-state index contributed by atoms with van der Waals surface area (Å²) in [6, 6.07) is 0.192. The van der Waals surface area contributed by atoms with Crippen LogP contribution in [0.2, 0.25) is 0 Å². The van der Waals surface area contributed by atoms with Crippen LogP contribution in [0.4, 0.5) is 0 Å². The molecule has 5 nitrogen and oxygen atoms in total. The highest BCUT2D eigenvalue weighted by Gasteiger charge is 2.16. The maximum Gasteiger partial charge on any atom is 0.329 e. The molecule has 0 fully saturated rings. The lowest BCUT2D eigenvalue weighted by molar-refractivity contribution is 0.468. The average molecular weight is 234 g/mol. The molecule has 2 aromatic heterocycles. The topological polar surface area (TPSA) is 63.6 Å². The lowest BCUT2D eigenvalue weighted by atomic mass is 10.2. The van der Waals surface area contributed by atoms with E-state index >= 15 is 0 Å². The predicted molar refractivity (Wildman–Crippen MR) is 67.1 cm³/mol. The minimum absolute atomic E-state index is 0.109. The summed E-state index contributed by atoms with van der Waals surface area (Å²) in [5.74, 6) is 0. The fourth-order valence-corrected chi connectivity index (χ4v) is 2.09. The second kappa shape index (κ2) is 4.69. The fraction of sp³-hybridized carbons (Fsp3) is 0.583. The number of aromatic amines is 1. The zero-order valence-electron chi connectivity index (χ0n) is 10.5. The molecule has 2 aromatic rings. The van der Waals surface area contributed by atoms with Crippen molar-refractivity contribution in [3.63, 3.8) is 0 Å². The Morgan fingerprint density at radius 2 is 2.06 bits per heavy atom. The Kier molecular flexibility index (Phi) is 3.26. The third-order valence-corrected chi connectivity index (χ3v) is 3.15. The Morgan fingerprint density at radius 3 is 2.65 bits per heavy atom. The second-order valence-corrected chi connectivity index (χ2v) is 4.16. The van der Waals surface area contributed by atoms with E-state index in [1.807, 2.05) is 6.92 Å². The minimum Gasteiger partial charge on any atom is -0.289 e. The molecule has 92 valence electrons. The summed E-state index contributed by atoms with van der Waals surface area (Å²) in [5, 5.41) is 0. The number of nitrogens with one attached hydrogen (secondary N) is 1. The van der Waals surface area contributed by atoms with Crippen LogP contribution in [0.25, 0.3) is 11.3 Å². The Labute approximate surface area is 99.9 Å². The van der Waals surface area contributed by atoms with Crippen LogP contribution in [0.5, 0.6) is 0 Å². The van der Waals surface area contributed by atoms with Gasteiger partial charge in [-0.25, -0.2) is 14.8 Å². The molecular weight excluding hydrogens is 216 g/mol. The minimum atomic E-state index is -0.109. The maximum absolute atomic E-state index is 11.9. The summed E-state index contributed by atoms with van der Waals surface area (Å²) < 4.78 is 1.74. The van der Waals surface area contributed by atoms with Crippen LogP contribution in [0.15, 0.2) is 11.0 Å². The van der Waals surface area contributed by atoms with Gasteiger partial charge in [-0.2, -0.15) is 0 Å². The van der Waals surface area contributed by atoms with Crippen molar-refractivity contribution < 1.29 is 0 Å². The van der Waals surface area contributed by atoms with Gasteiger partial charge in [0.1, 0.15) is 0 Å². The number of hydrogen-bond acceptors (Lipinski definition) is 3. The molecule has 0 aromatic carbocycles. The normalized spacial score (nSPS) is 11.5. The molecule has 1 N–H and O–H groups in total. The van der Waals surface area contributed by atoms with Gasteiger partial charge in [0, 0.05) is 6.04 Å². The van der Waals surface area contributed by atoms with Gasteiger partial charge < -0.3 is 0 Å². The first-order valence-corrected chi connectivity index (χ1v) is 6.17. The third-order valence-electron chi connectivity index (χ3n) is 3.15. The predicted octanol–water partition coefficient (Wildman–Crippen LogP) is 2.04. The van der Waals surface area contributed by atoms with Gasteiger partial charge in [-0.1, -0.05) is 20.8 Å². The molecule has 0 radical (unpaired) electrons. The standard InChI is InChI=1S/C12H18N4O/c1-4-8-7-13-10-11(14-8)16(12(17)15-10)9(5-2)6-3/h7,9H,4-6H2,1-3H3,(H,13,15,17). The second-order valence-electron chi connectivity index (χ2n) is 4.16. The van der Waals surface area contributed by atoms with Crippen LogP contribution in [0.1, 0.15) is 45.3 Å². The van der Waals surface area contributed by atoms with E-state index in [4.69, 9.17) is 0 Å². The Balaban J connectivity index is 2.67. The average Bonchev–Trinajstić information content (AvgIpc) is 2.67. The number of imidazole rings is 1. The van der Waals surface area contributed by atoms with Gasteiger partial charge in [-0.15, -0.1) is 0 Å². The zero-order chi connectivity index (χ0) is 12.4. The van der Waals surface area contributed by atoms with E-state index < -0.39 is 0 Å². The monoisotopic (exact) mass is 234 g/mol. The van der Waals surface area contributed by atoms with Crippen molar-refractivity contribution in [1.29, 1.82) is 0 Å². The van der Waals surface area contributed by atoms with E-state index in [0.29, 0.717) is 11.3 Å². The van der Waals surface area contributed by atoms with Crippen molar-refractivity contribution in [3.8, 4) is 0 Å². The van der Waals surface area contributed by atoms with Gasteiger partial charge >= 0.3 is 5.69 Å². The fourth-order valence-electron chi connectivity index (χ4n) is 2.09. The molecule has 17 heavy (non-hydrogen) atoms. The molecule has 0 saturated carbocycles. The summed E-state index contributed by atoms with van der Waals surface area (Å²) in [5.41, 5.74) is 2.07. The summed E-state index contributed by atoms with van der Waals surface area (Å²) in [7, 11) is 0. The van der Waals surface area contributed by atoms with Crippen LogP contribution in [-0.2, 0) is 6.42 Å². The lowest BCUT2D eigenvalue weighted by Gasteiger charge is -2.13.